The number of ether oxygens (including phenoxy) is 1. The van der Waals surface area contributed by atoms with Crippen LogP contribution >= 0.6 is 0 Å². The first-order chi connectivity index (χ1) is 10.6. The van der Waals surface area contributed by atoms with Crippen LogP contribution in [0, 0.1) is 23.7 Å². The van der Waals surface area contributed by atoms with Gasteiger partial charge in [-0.05, 0) is 24.7 Å². The van der Waals surface area contributed by atoms with Gasteiger partial charge in [0, 0.05) is 18.3 Å². The Hall–Kier alpha value is -0.380. The normalized spacial score (nSPS) is 45.9. The Morgan fingerprint density at radius 2 is 1.41 bits per heavy atom. The van der Waals surface area contributed by atoms with Crippen molar-refractivity contribution in [2.75, 3.05) is 66.6 Å². The van der Waals surface area contributed by atoms with E-state index in [1.165, 1.54) is 67.5 Å². The van der Waals surface area contributed by atoms with Crippen molar-refractivity contribution in [1.82, 2.24) is 0 Å². The molecule has 0 aromatic rings. The molecule has 5 atom stereocenters. The third-order valence-corrected chi connectivity index (χ3v) is 7.34. The SMILES string of the molecule is C[N+]1(CCC[N+]2(C)C[C@@H]3[C@H](C2)[C@@H]2C=C[C@H]3CC2)CCOCC1. The molecule has 3 heteroatoms. The Bertz CT molecular complexity index is 419. The number of likely N-dealkylation sites (N-methyl/N-ethyl adjacent to an activating group) is 1. The van der Waals surface area contributed by atoms with E-state index in [1.54, 1.807) is 0 Å². The lowest BCUT2D eigenvalue weighted by atomic mass is 9.64. The summed E-state index contributed by atoms with van der Waals surface area (Å²) in [7, 11) is 4.97. The van der Waals surface area contributed by atoms with Crippen LogP contribution in [-0.2, 0) is 4.74 Å². The maximum Gasteiger partial charge on any atom is 0.102 e. The predicted molar refractivity (Wildman–Crippen MR) is 89.3 cm³/mol. The molecule has 0 amide bonds. The summed E-state index contributed by atoms with van der Waals surface area (Å²) in [6, 6.07) is 0. The highest BCUT2D eigenvalue weighted by Gasteiger charge is 2.51. The van der Waals surface area contributed by atoms with E-state index in [0.717, 1.165) is 36.9 Å². The monoisotopic (exact) mass is 306 g/mol. The highest BCUT2D eigenvalue weighted by Crippen LogP contribution is 2.49. The fraction of sp³-hybridized carbons (Fsp3) is 0.895. The van der Waals surface area contributed by atoms with Crippen LogP contribution in [0.5, 0.6) is 0 Å². The number of quaternary nitrogens is 2. The zero-order valence-corrected chi connectivity index (χ0v) is 14.5. The molecule has 2 bridgehead atoms. The molecule has 5 aliphatic rings. The van der Waals surface area contributed by atoms with Crippen molar-refractivity contribution in [3.05, 3.63) is 12.2 Å². The molecular weight excluding hydrogens is 272 g/mol. The van der Waals surface area contributed by atoms with E-state index in [2.05, 4.69) is 26.2 Å². The Labute approximate surface area is 136 Å². The largest absolute Gasteiger partial charge is 0.370 e. The van der Waals surface area contributed by atoms with Crippen molar-refractivity contribution < 1.29 is 13.7 Å². The van der Waals surface area contributed by atoms with Crippen molar-refractivity contribution >= 4 is 0 Å². The molecule has 3 nitrogen and oxygen atoms in total. The first-order valence-corrected chi connectivity index (χ1v) is 9.50. The van der Waals surface area contributed by atoms with Gasteiger partial charge in [0.05, 0.1) is 53.5 Å². The molecule has 0 radical (unpaired) electrons. The molecule has 0 N–H and O–H groups in total. The van der Waals surface area contributed by atoms with Gasteiger partial charge in [-0.2, -0.15) is 0 Å². The van der Waals surface area contributed by atoms with E-state index in [-0.39, 0.29) is 0 Å². The van der Waals surface area contributed by atoms with Gasteiger partial charge in [0.25, 0.3) is 0 Å². The average Bonchev–Trinajstić information content (AvgIpc) is 2.88. The first-order valence-electron chi connectivity index (χ1n) is 9.50. The Morgan fingerprint density at radius 3 is 1.95 bits per heavy atom. The maximum absolute atomic E-state index is 5.53. The molecule has 124 valence electrons. The highest BCUT2D eigenvalue weighted by molar-refractivity contribution is 5.10. The summed E-state index contributed by atoms with van der Waals surface area (Å²) in [5, 5.41) is 0. The van der Waals surface area contributed by atoms with Gasteiger partial charge < -0.3 is 13.7 Å². The molecule has 5 rings (SSSR count). The smallest absolute Gasteiger partial charge is 0.102 e. The molecule has 2 aliphatic heterocycles. The molecule has 0 aromatic heterocycles. The van der Waals surface area contributed by atoms with Gasteiger partial charge in [-0.3, -0.25) is 0 Å². The minimum absolute atomic E-state index is 0.916. The topological polar surface area (TPSA) is 9.23 Å². The fourth-order valence-electron chi connectivity index (χ4n) is 5.87. The zero-order valence-electron chi connectivity index (χ0n) is 14.5. The highest BCUT2D eigenvalue weighted by atomic mass is 16.5. The summed E-state index contributed by atoms with van der Waals surface area (Å²) < 4.78 is 8.12. The van der Waals surface area contributed by atoms with Gasteiger partial charge in [0.15, 0.2) is 0 Å². The van der Waals surface area contributed by atoms with Gasteiger partial charge >= 0.3 is 0 Å². The molecule has 3 fully saturated rings. The Kier molecular flexibility index (Phi) is 3.87. The zero-order chi connectivity index (χ0) is 15.2. The number of allylic oxidation sites excluding steroid dienone is 2. The third-order valence-electron chi connectivity index (χ3n) is 7.34. The molecule has 0 aromatic carbocycles. The number of hydrogen-bond donors (Lipinski definition) is 0. The molecule has 22 heavy (non-hydrogen) atoms. The summed E-state index contributed by atoms with van der Waals surface area (Å²) in [5.41, 5.74) is 0. The number of hydrogen-bond acceptors (Lipinski definition) is 1. The van der Waals surface area contributed by atoms with E-state index in [1.807, 2.05) is 0 Å². The fourth-order valence-corrected chi connectivity index (χ4v) is 5.87. The number of nitrogens with zero attached hydrogens (tertiary/aromatic N) is 2. The second-order valence-electron chi connectivity index (χ2n) is 9.08. The predicted octanol–water partition coefficient (Wildman–Crippen LogP) is 2.14. The molecule has 1 unspecified atom stereocenters. The lowest BCUT2D eigenvalue weighted by Crippen LogP contribution is -2.53. The maximum atomic E-state index is 5.53. The third kappa shape index (κ3) is 2.76. The van der Waals surface area contributed by atoms with Crippen molar-refractivity contribution in [3.8, 4) is 0 Å². The van der Waals surface area contributed by atoms with E-state index < -0.39 is 0 Å². The lowest BCUT2D eigenvalue weighted by molar-refractivity contribution is -0.928. The lowest BCUT2D eigenvalue weighted by Gasteiger charge is -2.38. The number of morpholine rings is 1. The molecule has 2 saturated heterocycles. The molecule has 0 spiro atoms. The minimum Gasteiger partial charge on any atom is -0.370 e. The van der Waals surface area contributed by atoms with Crippen LogP contribution in [0.25, 0.3) is 0 Å². The van der Waals surface area contributed by atoms with Gasteiger partial charge in [-0.1, -0.05) is 12.2 Å². The summed E-state index contributed by atoms with van der Waals surface area (Å²) in [5.74, 6) is 3.83. The first kappa shape index (κ1) is 15.2. The van der Waals surface area contributed by atoms with Crippen LogP contribution in [0.15, 0.2) is 12.2 Å². The molecular formula is C19H34N2O+2. The van der Waals surface area contributed by atoms with E-state index in [4.69, 9.17) is 4.74 Å². The van der Waals surface area contributed by atoms with Gasteiger partial charge in [0.2, 0.25) is 0 Å². The van der Waals surface area contributed by atoms with Crippen molar-refractivity contribution in [2.24, 2.45) is 23.7 Å². The number of likely N-dealkylation sites (tertiary alicyclic amines) is 1. The van der Waals surface area contributed by atoms with Gasteiger partial charge in [-0.15, -0.1) is 0 Å². The Morgan fingerprint density at radius 1 is 0.864 bits per heavy atom. The van der Waals surface area contributed by atoms with E-state index in [9.17, 15) is 0 Å². The van der Waals surface area contributed by atoms with Crippen molar-refractivity contribution in [2.45, 2.75) is 19.3 Å². The van der Waals surface area contributed by atoms with E-state index in [0.29, 0.717) is 0 Å². The van der Waals surface area contributed by atoms with Crippen molar-refractivity contribution in [3.63, 3.8) is 0 Å². The summed E-state index contributed by atoms with van der Waals surface area (Å²) in [6.45, 7) is 9.97. The quantitative estimate of drug-likeness (QED) is 0.571. The van der Waals surface area contributed by atoms with Crippen LogP contribution in [0.3, 0.4) is 0 Å². The van der Waals surface area contributed by atoms with Crippen LogP contribution in [-0.4, -0.2) is 75.5 Å². The van der Waals surface area contributed by atoms with Crippen LogP contribution < -0.4 is 0 Å². The number of fused-ring (bicyclic) bond motifs is 1. The molecule has 1 saturated carbocycles. The standard InChI is InChI=1S/C19H34N2O/c1-20(10-12-22-13-11-20)8-3-9-21(2)14-18-16-4-5-17(7-6-16)19(18)15-21/h4-5,16-19H,3,6-15H2,1-2H3/q+2/t16-,17+,18-,19+,21?. The van der Waals surface area contributed by atoms with Crippen molar-refractivity contribution in [1.29, 1.82) is 0 Å². The molecule has 2 heterocycles. The molecule has 3 aliphatic carbocycles. The van der Waals surface area contributed by atoms with E-state index >= 15 is 0 Å². The summed E-state index contributed by atoms with van der Waals surface area (Å²) in [4.78, 5) is 0. The second-order valence-corrected chi connectivity index (χ2v) is 9.08. The van der Waals surface area contributed by atoms with Crippen LogP contribution in [0.2, 0.25) is 0 Å². The average molecular weight is 306 g/mol. The second kappa shape index (κ2) is 5.61. The summed E-state index contributed by atoms with van der Waals surface area (Å²) in [6.07, 6.45) is 9.44. The summed E-state index contributed by atoms with van der Waals surface area (Å²) >= 11 is 0. The minimum atomic E-state index is 0.916. The van der Waals surface area contributed by atoms with Gasteiger partial charge in [0.1, 0.15) is 13.1 Å². The van der Waals surface area contributed by atoms with Gasteiger partial charge in [-0.25, -0.2) is 0 Å². The Balaban J connectivity index is 1.32. The number of rotatable bonds is 4. The van der Waals surface area contributed by atoms with Crippen LogP contribution in [0.1, 0.15) is 19.3 Å². The van der Waals surface area contributed by atoms with Crippen LogP contribution in [0.4, 0.5) is 0 Å².